The van der Waals surface area contributed by atoms with Crippen LogP contribution in [0.2, 0.25) is 0 Å². The van der Waals surface area contributed by atoms with Gasteiger partial charge in [0.15, 0.2) is 11.5 Å². The van der Waals surface area contributed by atoms with Crippen molar-refractivity contribution in [1.29, 1.82) is 0 Å². The van der Waals surface area contributed by atoms with Crippen molar-refractivity contribution in [2.45, 2.75) is 6.54 Å². The summed E-state index contributed by atoms with van der Waals surface area (Å²) in [7, 11) is 1.62. The third-order valence-corrected chi connectivity index (χ3v) is 4.23. The number of methoxy groups -OCH3 is 1. The first kappa shape index (κ1) is 18.3. The number of rotatable bonds is 6. The molecule has 29 heavy (non-hydrogen) atoms. The van der Waals surface area contributed by atoms with Gasteiger partial charge in [-0.1, -0.05) is 5.16 Å². The number of amides is 1. The molecule has 4 rings (SSSR count). The van der Waals surface area contributed by atoms with Crippen molar-refractivity contribution in [2.24, 2.45) is 0 Å². The fraction of sp³-hybridized carbons (Fsp3) is 0.0952. The molecule has 0 aliphatic carbocycles. The summed E-state index contributed by atoms with van der Waals surface area (Å²) >= 11 is 0. The van der Waals surface area contributed by atoms with Crippen molar-refractivity contribution in [2.75, 3.05) is 7.11 Å². The first-order valence-electron chi connectivity index (χ1n) is 8.83. The van der Waals surface area contributed by atoms with E-state index < -0.39 is 0 Å². The second kappa shape index (κ2) is 8.30. The number of pyridine rings is 1. The number of carbonyl (C=O) groups is 1. The molecule has 8 heteroatoms. The lowest BCUT2D eigenvalue weighted by Crippen LogP contribution is -2.23. The Hall–Kier alpha value is -4.07. The Kier molecular flexibility index (Phi) is 5.24. The van der Waals surface area contributed by atoms with Gasteiger partial charge in [0.1, 0.15) is 12.1 Å². The molecule has 4 aromatic rings. The van der Waals surface area contributed by atoms with Gasteiger partial charge in [-0.05, 0) is 42.5 Å². The monoisotopic (exact) mass is 387 g/mol. The number of ether oxygens (including phenoxy) is 1. The number of benzene rings is 1. The van der Waals surface area contributed by atoms with Gasteiger partial charge in [0.2, 0.25) is 0 Å². The molecule has 3 heterocycles. The Morgan fingerprint density at radius 3 is 2.72 bits per heavy atom. The largest absolute Gasteiger partial charge is 0.497 e. The van der Waals surface area contributed by atoms with Crippen molar-refractivity contribution in [1.82, 2.24) is 25.4 Å². The summed E-state index contributed by atoms with van der Waals surface area (Å²) in [6.45, 7) is 0.236. The average molecular weight is 387 g/mol. The van der Waals surface area contributed by atoms with Crippen LogP contribution in [-0.4, -0.2) is 33.1 Å². The first-order valence-corrected chi connectivity index (χ1v) is 8.83. The summed E-state index contributed by atoms with van der Waals surface area (Å²) in [5.41, 5.74) is 3.30. The molecule has 144 valence electrons. The number of carbonyl (C=O) groups excluding carboxylic acids is 1. The lowest BCUT2D eigenvalue weighted by atomic mass is 10.1. The molecule has 0 atom stereocenters. The molecule has 0 radical (unpaired) electrons. The zero-order valence-corrected chi connectivity index (χ0v) is 15.6. The van der Waals surface area contributed by atoms with E-state index in [-0.39, 0.29) is 18.1 Å². The van der Waals surface area contributed by atoms with Crippen LogP contribution in [0.3, 0.4) is 0 Å². The van der Waals surface area contributed by atoms with E-state index in [9.17, 15) is 4.79 Å². The highest BCUT2D eigenvalue weighted by atomic mass is 16.5. The van der Waals surface area contributed by atoms with Gasteiger partial charge >= 0.3 is 0 Å². The molecule has 0 bridgehead atoms. The third kappa shape index (κ3) is 4.27. The van der Waals surface area contributed by atoms with Crippen molar-refractivity contribution >= 4 is 5.91 Å². The maximum Gasteiger partial charge on any atom is 0.273 e. The molecule has 0 spiro atoms. The van der Waals surface area contributed by atoms with E-state index in [1.807, 2.05) is 36.4 Å². The van der Waals surface area contributed by atoms with Crippen molar-refractivity contribution in [3.8, 4) is 28.3 Å². The lowest BCUT2D eigenvalue weighted by molar-refractivity contribution is 0.0941. The summed E-state index contributed by atoms with van der Waals surface area (Å²) < 4.78 is 10.4. The zero-order valence-electron chi connectivity index (χ0n) is 15.6. The molecule has 1 amide bonds. The summed E-state index contributed by atoms with van der Waals surface area (Å²) in [4.78, 5) is 24.9. The van der Waals surface area contributed by atoms with E-state index >= 15 is 0 Å². The van der Waals surface area contributed by atoms with Crippen LogP contribution in [0.15, 0.2) is 71.8 Å². The van der Waals surface area contributed by atoms with Gasteiger partial charge in [-0.3, -0.25) is 9.78 Å². The predicted octanol–water partition coefficient (Wildman–Crippen LogP) is 3.13. The van der Waals surface area contributed by atoms with Crippen molar-refractivity contribution < 1.29 is 14.1 Å². The van der Waals surface area contributed by atoms with Gasteiger partial charge in [0.05, 0.1) is 25.0 Å². The van der Waals surface area contributed by atoms with E-state index in [1.165, 1.54) is 6.33 Å². The summed E-state index contributed by atoms with van der Waals surface area (Å²) in [5.74, 6) is 0.897. The number of hydrogen-bond acceptors (Lipinski definition) is 7. The van der Waals surface area contributed by atoms with E-state index in [0.717, 1.165) is 22.6 Å². The number of aromatic nitrogens is 4. The molecule has 8 nitrogen and oxygen atoms in total. The maximum atomic E-state index is 12.4. The smallest absolute Gasteiger partial charge is 0.273 e. The number of hydrogen-bond donors (Lipinski definition) is 1. The normalized spacial score (nSPS) is 10.5. The highest BCUT2D eigenvalue weighted by Crippen LogP contribution is 2.21. The van der Waals surface area contributed by atoms with Crippen LogP contribution < -0.4 is 10.1 Å². The van der Waals surface area contributed by atoms with Crippen LogP contribution in [-0.2, 0) is 6.54 Å². The average Bonchev–Trinajstić information content (AvgIpc) is 3.29. The summed E-state index contributed by atoms with van der Waals surface area (Å²) in [5, 5.41) is 6.62. The van der Waals surface area contributed by atoms with Crippen LogP contribution in [0, 0.1) is 0 Å². The van der Waals surface area contributed by atoms with Gasteiger partial charge in [-0.15, -0.1) is 0 Å². The first-order chi connectivity index (χ1) is 14.2. The molecule has 1 N–H and O–H groups in total. The summed E-state index contributed by atoms with van der Waals surface area (Å²) in [6, 6.07) is 14.6. The third-order valence-electron chi connectivity index (χ3n) is 4.23. The Morgan fingerprint density at radius 2 is 1.97 bits per heavy atom. The molecule has 0 fully saturated rings. The Balaban J connectivity index is 1.42. The molecule has 0 aliphatic heterocycles. The standard InChI is InChI=1S/C21H17N5O3/c1-28-17-6-4-14(5-7-17)18-9-16(24-13-25-18)12-23-21(27)19-10-20(29-26-19)15-3-2-8-22-11-15/h2-11,13H,12H2,1H3,(H,23,27). The highest BCUT2D eigenvalue weighted by molar-refractivity contribution is 5.93. The predicted molar refractivity (Wildman–Crippen MR) is 105 cm³/mol. The fourth-order valence-corrected chi connectivity index (χ4v) is 2.70. The quantitative estimate of drug-likeness (QED) is 0.542. The molecule has 0 saturated carbocycles. The Bertz CT molecular complexity index is 1110. The second-order valence-electron chi connectivity index (χ2n) is 6.12. The van der Waals surface area contributed by atoms with Gasteiger partial charge in [-0.2, -0.15) is 0 Å². The van der Waals surface area contributed by atoms with Gasteiger partial charge < -0.3 is 14.6 Å². The summed E-state index contributed by atoms with van der Waals surface area (Å²) in [6.07, 6.45) is 4.77. The molecule has 0 unspecified atom stereocenters. The Morgan fingerprint density at radius 1 is 1.10 bits per heavy atom. The topological polar surface area (TPSA) is 103 Å². The van der Waals surface area contributed by atoms with E-state index in [4.69, 9.17) is 9.26 Å². The zero-order chi connectivity index (χ0) is 20.1. The minimum Gasteiger partial charge on any atom is -0.497 e. The van der Waals surface area contributed by atoms with E-state index in [2.05, 4.69) is 25.4 Å². The van der Waals surface area contributed by atoms with Crippen molar-refractivity contribution in [3.05, 3.63) is 78.6 Å². The molecule has 0 aliphatic rings. The molecule has 0 saturated heterocycles. The molecule has 1 aromatic carbocycles. The Labute approximate surface area is 166 Å². The lowest BCUT2D eigenvalue weighted by Gasteiger charge is -2.06. The van der Waals surface area contributed by atoms with Gasteiger partial charge in [-0.25, -0.2) is 9.97 Å². The van der Waals surface area contributed by atoms with Crippen LogP contribution in [0.1, 0.15) is 16.2 Å². The maximum absolute atomic E-state index is 12.4. The SMILES string of the molecule is COc1ccc(-c2cc(CNC(=O)c3cc(-c4cccnc4)on3)ncn2)cc1. The molecular formula is C21H17N5O3. The van der Waals surface area contributed by atoms with Crippen LogP contribution in [0.25, 0.3) is 22.6 Å². The molecule has 3 aromatic heterocycles. The number of nitrogens with one attached hydrogen (secondary N) is 1. The minimum absolute atomic E-state index is 0.188. The van der Waals surface area contributed by atoms with E-state index in [1.54, 1.807) is 31.6 Å². The minimum atomic E-state index is -0.353. The van der Waals surface area contributed by atoms with Gasteiger partial charge in [0, 0.05) is 29.6 Å². The van der Waals surface area contributed by atoms with E-state index in [0.29, 0.717) is 11.5 Å². The highest BCUT2D eigenvalue weighted by Gasteiger charge is 2.14. The van der Waals surface area contributed by atoms with Crippen LogP contribution in [0.4, 0.5) is 0 Å². The molecular weight excluding hydrogens is 370 g/mol. The fourth-order valence-electron chi connectivity index (χ4n) is 2.70. The van der Waals surface area contributed by atoms with Crippen LogP contribution >= 0.6 is 0 Å². The van der Waals surface area contributed by atoms with Crippen LogP contribution in [0.5, 0.6) is 5.75 Å². The second-order valence-corrected chi connectivity index (χ2v) is 6.12. The van der Waals surface area contributed by atoms with Crippen molar-refractivity contribution in [3.63, 3.8) is 0 Å². The van der Waals surface area contributed by atoms with Gasteiger partial charge in [0.25, 0.3) is 5.91 Å². The number of nitrogens with zero attached hydrogens (tertiary/aromatic N) is 4.